The summed E-state index contributed by atoms with van der Waals surface area (Å²) < 4.78 is 0. The first-order valence-corrected chi connectivity index (χ1v) is 12.5. The molecule has 1 aromatic carbocycles. The molecule has 0 amide bonds. The van der Waals surface area contributed by atoms with Gasteiger partial charge in [0.2, 0.25) is 0 Å². The summed E-state index contributed by atoms with van der Waals surface area (Å²) in [5.74, 6) is 0.816. The summed E-state index contributed by atoms with van der Waals surface area (Å²) in [4.78, 5) is 25.9. The van der Waals surface area contributed by atoms with Gasteiger partial charge < -0.3 is 9.88 Å². The van der Waals surface area contributed by atoms with Crippen LogP contribution in [0.25, 0.3) is 5.57 Å². The van der Waals surface area contributed by atoms with Crippen molar-refractivity contribution in [1.29, 1.82) is 0 Å². The highest BCUT2D eigenvalue weighted by atomic mass is 35.5. The van der Waals surface area contributed by atoms with E-state index in [1.165, 1.54) is 36.1 Å². The standard InChI is InChI=1S/C26H31ClN4O/c1-17-21(27)3-2-4-23(17)31-13-11-30(12-14-31)19-6-5-18(15-19)24-28-22-7-8-26(9-10-26)16-20(22)25(32)29-24/h2-4,15,19H,5-14,16H2,1H3,(H,28,29,32)/t19-/m1/s1. The Balaban J connectivity index is 1.15. The smallest absolute Gasteiger partial charge is 0.254 e. The number of nitrogens with zero attached hydrogens (tertiary/aromatic N) is 3. The molecular formula is C26H31ClN4O. The number of allylic oxidation sites excluding steroid dienone is 1. The lowest BCUT2D eigenvalue weighted by atomic mass is 9.84. The maximum absolute atomic E-state index is 12.8. The van der Waals surface area contributed by atoms with Crippen LogP contribution in [0.1, 0.15) is 54.7 Å². The molecule has 0 bridgehead atoms. The SMILES string of the molecule is Cc1c(Cl)cccc1N1CCN([C@H]2C=C(c3nc4c(c(=O)[nH]3)CC3(CC4)CC3)CC2)CC1. The lowest BCUT2D eigenvalue weighted by Gasteiger charge is -2.39. The number of hydrogen-bond acceptors (Lipinski definition) is 4. The molecular weight excluding hydrogens is 420 g/mol. The van der Waals surface area contributed by atoms with Gasteiger partial charge in [-0.15, -0.1) is 0 Å². The molecule has 2 heterocycles. The van der Waals surface area contributed by atoms with E-state index < -0.39 is 0 Å². The van der Waals surface area contributed by atoms with Crippen LogP contribution in [-0.2, 0) is 12.8 Å². The van der Waals surface area contributed by atoms with Gasteiger partial charge in [-0.25, -0.2) is 4.98 Å². The first-order chi connectivity index (χ1) is 15.5. The van der Waals surface area contributed by atoms with Gasteiger partial charge in [0.05, 0.1) is 5.69 Å². The molecule has 3 aliphatic carbocycles. The molecule has 1 N–H and O–H groups in total. The van der Waals surface area contributed by atoms with Gasteiger partial charge in [0.1, 0.15) is 5.82 Å². The van der Waals surface area contributed by atoms with Crippen LogP contribution in [0.2, 0.25) is 5.02 Å². The minimum absolute atomic E-state index is 0.103. The monoisotopic (exact) mass is 450 g/mol. The Kier molecular flexibility index (Phi) is 4.96. The van der Waals surface area contributed by atoms with Crippen molar-refractivity contribution in [3.63, 3.8) is 0 Å². The Hall–Kier alpha value is -2.11. The second kappa shape index (κ2) is 7.74. The van der Waals surface area contributed by atoms with Gasteiger partial charge in [0.25, 0.3) is 5.56 Å². The summed E-state index contributed by atoms with van der Waals surface area (Å²) in [6, 6.07) is 6.61. The lowest BCUT2D eigenvalue weighted by molar-refractivity contribution is 0.214. The summed E-state index contributed by atoms with van der Waals surface area (Å²) in [6.45, 7) is 6.20. The van der Waals surface area contributed by atoms with E-state index in [-0.39, 0.29) is 5.56 Å². The lowest BCUT2D eigenvalue weighted by Crippen LogP contribution is -2.49. The summed E-state index contributed by atoms with van der Waals surface area (Å²) in [6.07, 6.45) is 10.1. The van der Waals surface area contributed by atoms with Crippen molar-refractivity contribution >= 4 is 22.9 Å². The van der Waals surface area contributed by atoms with Crippen molar-refractivity contribution in [1.82, 2.24) is 14.9 Å². The van der Waals surface area contributed by atoms with Gasteiger partial charge in [-0.05, 0) is 80.6 Å². The zero-order valence-corrected chi connectivity index (χ0v) is 19.5. The molecule has 1 spiro atoms. The highest BCUT2D eigenvalue weighted by Crippen LogP contribution is 2.53. The fourth-order valence-electron chi connectivity index (χ4n) is 5.96. The molecule has 1 atom stereocenters. The van der Waals surface area contributed by atoms with Crippen molar-refractivity contribution in [3.05, 3.63) is 62.3 Å². The number of aromatic nitrogens is 2. The van der Waals surface area contributed by atoms with Gasteiger partial charge in [-0.1, -0.05) is 23.7 Å². The Bertz CT molecular complexity index is 1140. The molecule has 2 fully saturated rings. The molecule has 2 aromatic rings. The van der Waals surface area contributed by atoms with E-state index in [1.54, 1.807) is 0 Å². The Morgan fingerprint density at radius 2 is 1.94 bits per heavy atom. The van der Waals surface area contributed by atoms with Crippen LogP contribution >= 0.6 is 11.6 Å². The maximum atomic E-state index is 12.8. The first-order valence-electron chi connectivity index (χ1n) is 12.1. The van der Waals surface area contributed by atoms with Crippen molar-refractivity contribution in [3.8, 4) is 0 Å². The van der Waals surface area contributed by atoms with E-state index in [0.717, 1.165) is 74.0 Å². The van der Waals surface area contributed by atoms with Gasteiger partial charge >= 0.3 is 0 Å². The minimum Gasteiger partial charge on any atom is -0.369 e. The van der Waals surface area contributed by atoms with Crippen molar-refractivity contribution in [2.45, 2.75) is 57.9 Å². The summed E-state index contributed by atoms with van der Waals surface area (Å²) in [5, 5.41) is 0.840. The largest absolute Gasteiger partial charge is 0.369 e. The molecule has 1 saturated heterocycles. The van der Waals surface area contributed by atoms with E-state index in [0.29, 0.717) is 11.5 Å². The van der Waals surface area contributed by atoms with E-state index in [1.807, 2.05) is 12.1 Å². The number of fused-ring (bicyclic) bond motifs is 1. The molecule has 4 aliphatic rings. The number of anilines is 1. The first kappa shape index (κ1) is 20.5. The van der Waals surface area contributed by atoms with Gasteiger partial charge in [-0.3, -0.25) is 9.69 Å². The third kappa shape index (κ3) is 3.60. The molecule has 1 aliphatic heterocycles. The average Bonchev–Trinajstić information content (AvgIpc) is 3.36. The van der Waals surface area contributed by atoms with E-state index in [4.69, 9.17) is 16.6 Å². The van der Waals surface area contributed by atoms with Crippen LogP contribution in [0.4, 0.5) is 5.69 Å². The highest BCUT2D eigenvalue weighted by molar-refractivity contribution is 6.31. The molecule has 0 radical (unpaired) electrons. The van der Waals surface area contributed by atoms with Crippen LogP contribution < -0.4 is 10.5 Å². The van der Waals surface area contributed by atoms with E-state index in [2.05, 4.69) is 33.8 Å². The Morgan fingerprint density at radius 1 is 1.12 bits per heavy atom. The molecule has 168 valence electrons. The molecule has 1 saturated carbocycles. The van der Waals surface area contributed by atoms with Crippen LogP contribution in [0.3, 0.4) is 0 Å². The van der Waals surface area contributed by atoms with Crippen LogP contribution in [0.5, 0.6) is 0 Å². The molecule has 5 nitrogen and oxygen atoms in total. The summed E-state index contributed by atoms with van der Waals surface area (Å²) in [7, 11) is 0. The normalized spacial score (nSPS) is 24.5. The summed E-state index contributed by atoms with van der Waals surface area (Å²) >= 11 is 6.34. The van der Waals surface area contributed by atoms with Crippen LogP contribution in [0.15, 0.2) is 29.1 Å². The number of rotatable bonds is 3. The fourth-order valence-corrected chi connectivity index (χ4v) is 6.13. The molecule has 0 unspecified atom stereocenters. The zero-order valence-electron chi connectivity index (χ0n) is 18.8. The predicted octanol–water partition coefficient (Wildman–Crippen LogP) is 4.37. The Labute approximate surface area is 194 Å². The molecule has 1 aromatic heterocycles. The van der Waals surface area contributed by atoms with Crippen LogP contribution in [-0.4, -0.2) is 47.1 Å². The van der Waals surface area contributed by atoms with Crippen LogP contribution in [0, 0.1) is 12.3 Å². The number of piperazine rings is 1. The topological polar surface area (TPSA) is 52.2 Å². The van der Waals surface area contributed by atoms with Gasteiger partial charge in [0.15, 0.2) is 0 Å². The quantitative estimate of drug-likeness (QED) is 0.754. The number of H-pyrrole nitrogens is 1. The minimum atomic E-state index is 0.103. The second-order valence-electron chi connectivity index (χ2n) is 10.2. The predicted molar refractivity (Wildman–Crippen MR) is 130 cm³/mol. The molecule has 6 rings (SSSR count). The van der Waals surface area contributed by atoms with Gasteiger partial charge in [-0.2, -0.15) is 0 Å². The number of aromatic amines is 1. The Morgan fingerprint density at radius 3 is 2.72 bits per heavy atom. The number of nitrogens with one attached hydrogen (secondary N) is 1. The van der Waals surface area contributed by atoms with Crippen molar-refractivity contribution < 1.29 is 0 Å². The highest BCUT2D eigenvalue weighted by Gasteiger charge is 2.45. The zero-order chi connectivity index (χ0) is 21.9. The van der Waals surface area contributed by atoms with E-state index >= 15 is 0 Å². The fraction of sp³-hybridized carbons (Fsp3) is 0.538. The maximum Gasteiger partial charge on any atom is 0.254 e. The van der Waals surface area contributed by atoms with Gasteiger partial charge in [0, 0.05) is 48.5 Å². The van der Waals surface area contributed by atoms with Crippen molar-refractivity contribution in [2.75, 3.05) is 31.1 Å². The number of benzene rings is 1. The number of hydrogen-bond donors (Lipinski definition) is 1. The molecule has 6 heteroatoms. The average molecular weight is 451 g/mol. The number of halogens is 1. The van der Waals surface area contributed by atoms with Crippen molar-refractivity contribution in [2.24, 2.45) is 5.41 Å². The molecule has 32 heavy (non-hydrogen) atoms. The third-order valence-electron chi connectivity index (χ3n) is 8.27. The third-order valence-corrected chi connectivity index (χ3v) is 8.68. The number of aryl methyl sites for hydroxylation is 1. The van der Waals surface area contributed by atoms with E-state index in [9.17, 15) is 4.79 Å². The summed E-state index contributed by atoms with van der Waals surface area (Å²) in [5.41, 5.74) is 6.19. The second-order valence-corrected chi connectivity index (χ2v) is 10.6.